The molecule has 1 amide bonds. The summed E-state index contributed by atoms with van der Waals surface area (Å²) in [5, 5.41) is 13.4. The zero-order chi connectivity index (χ0) is 16.9. The van der Waals surface area contributed by atoms with Crippen LogP contribution in [0.15, 0.2) is 48.5 Å². The number of benzene rings is 2. The van der Waals surface area contributed by atoms with Gasteiger partial charge in [-0.1, -0.05) is 41.9 Å². The Kier molecular flexibility index (Phi) is 5.38. The molecule has 0 aromatic heterocycles. The zero-order valence-corrected chi connectivity index (χ0v) is 14.2. The van der Waals surface area contributed by atoms with Crippen molar-refractivity contribution in [3.8, 4) is 5.75 Å². The van der Waals surface area contributed by atoms with Crippen LogP contribution >= 0.6 is 11.6 Å². The van der Waals surface area contributed by atoms with Gasteiger partial charge >= 0.3 is 0 Å². The number of phenolic OH excluding ortho intramolecular Hbond substituents is 1. The van der Waals surface area contributed by atoms with Crippen molar-refractivity contribution in [1.82, 2.24) is 4.90 Å². The molecule has 1 saturated heterocycles. The normalized spacial score (nSPS) is 16.0. The molecule has 24 heavy (non-hydrogen) atoms. The molecule has 3 rings (SSSR count). The molecule has 1 aliphatic heterocycles. The van der Waals surface area contributed by atoms with Gasteiger partial charge in [0.1, 0.15) is 5.75 Å². The molecule has 1 aliphatic rings. The first kappa shape index (κ1) is 16.8. The monoisotopic (exact) mass is 344 g/mol. The second kappa shape index (κ2) is 7.69. The molecule has 0 atom stereocenters. The summed E-state index contributed by atoms with van der Waals surface area (Å²) < 4.78 is 0. The molecule has 2 N–H and O–H groups in total. The van der Waals surface area contributed by atoms with Crippen LogP contribution in [-0.4, -0.2) is 29.0 Å². The first-order chi connectivity index (χ1) is 11.6. The van der Waals surface area contributed by atoms with E-state index in [9.17, 15) is 9.90 Å². The Morgan fingerprint density at radius 3 is 2.50 bits per heavy atom. The first-order valence-corrected chi connectivity index (χ1v) is 8.56. The highest BCUT2D eigenvalue weighted by atomic mass is 35.5. The average molecular weight is 345 g/mol. The Balaban J connectivity index is 1.52. The summed E-state index contributed by atoms with van der Waals surface area (Å²) in [6.07, 6.45) is 1.62. The number of hydrogen-bond donors (Lipinski definition) is 2. The molecule has 0 unspecified atom stereocenters. The summed E-state index contributed by atoms with van der Waals surface area (Å²) >= 11 is 6.21. The number of carbonyl (C=O) groups is 1. The number of anilines is 1. The van der Waals surface area contributed by atoms with Crippen molar-refractivity contribution < 1.29 is 9.90 Å². The van der Waals surface area contributed by atoms with E-state index in [-0.39, 0.29) is 17.6 Å². The van der Waals surface area contributed by atoms with Gasteiger partial charge in [-0.2, -0.15) is 0 Å². The summed E-state index contributed by atoms with van der Waals surface area (Å²) in [6, 6.07) is 14.7. The predicted octanol–water partition coefficient (Wildman–Crippen LogP) is 3.90. The molecular weight excluding hydrogens is 324 g/mol. The maximum absolute atomic E-state index is 12.4. The summed E-state index contributed by atoms with van der Waals surface area (Å²) in [7, 11) is 0. The van der Waals surface area contributed by atoms with Crippen molar-refractivity contribution >= 4 is 23.2 Å². The molecule has 2 aromatic carbocycles. The highest BCUT2D eigenvalue weighted by Gasteiger charge is 2.25. The Labute approximate surface area is 147 Å². The van der Waals surface area contributed by atoms with Crippen LogP contribution in [-0.2, 0) is 11.3 Å². The lowest BCUT2D eigenvalue weighted by atomic mass is 9.95. The molecule has 2 aromatic rings. The highest BCUT2D eigenvalue weighted by molar-refractivity contribution is 6.31. The number of phenols is 1. The predicted molar refractivity (Wildman–Crippen MR) is 96.2 cm³/mol. The fraction of sp³-hybridized carbons (Fsp3) is 0.316. The van der Waals surface area contributed by atoms with E-state index >= 15 is 0 Å². The second-order valence-electron chi connectivity index (χ2n) is 6.15. The number of carbonyl (C=O) groups excluding carboxylic acids is 1. The fourth-order valence-corrected chi connectivity index (χ4v) is 3.23. The summed E-state index contributed by atoms with van der Waals surface area (Å²) in [5.74, 6) is 0.0583. The fourth-order valence-electron chi connectivity index (χ4n) is 3.03. The van der Waals surface area contributed by atoms with E-state index in [1.165, 1.54) is 0 Å². The number of amides is 1. The zero-order valence-electron chi connectivity index (χ0n) is 13.4. The van der Waals surface area contributed by atoms with Crippen molar-refractivity contribution in [2.24, 2.45) is 5.92 Å². The smallest absolute Gasteiger partial charge is 0.227 e. The third kappa shape index (κ3) is 4.08. The van der Waals surface area contributed by atoms with Crippen molar-refractivity contribution in [1.29, 1.82) is 0 Å². The number of likely N-dealkylation sites (tertiary alicyclic amines) is 1. The quantitative estimate of drug-likeness (QED) is 0.827. The van der Waals surface area contributed by atoms with Crippen molar-refractivity contribution in [3.05, 3.63) is 59.1 Å². The number of hydrogen-bond acceptors (Lipinski definition) is 3. The van der Waals surface area contributed by atoms with Crippen molar-refractivity contribution in [3.63, 3.8) is 0 Å². The average Bonchev–Trinajstić information content (AvgIpc) is 2.59. The van der Waals surface area contributed by atoms with E-state index in [0.29, 0.717) is 5.69 Å². The summed E-state index contributed by atoms with van der Waals surface area (Å²) in [5.41, 5.74) is 1.59. The molecule has 1 fully saturated rings. The van der Waals surface area contributed by atoms with Crippen molar-refractivity contribution in [2.75, 3.05) is 18.4 Å². The van der Waals surface area contributed by atoms with Crippen LogP contribution in [0, 0.1) is 5.92 Å². The Bertz CT molecular complexity index is 712. The minimum Gasteiger partial charge on any atom is -0.506 e. The number of rotatable bonds is 4. The maximum Gasteiger partial charge on any atom is 0.227 e. The van der Waals surface area contributed by atoms with Gasteiger partial charge in [0.15, 0.2) is 0 Å². The van der Waals surface area contributed by atoms with Gasteiger partial charge in [-0.05, 0) is 49.7 Å². The van der Waals surface area contributed by atoms with E-state index in [1.807, 2.05) is 24.3 Å². The third-order valence-corrected chi connectivity index (χ3v) is 4.84. The molecule has 5 heteroatoms. The Hall–Kier alpha value is -2.04. The van der Waals surface area contributed by atoms with Gasteiger partial charge in [0, 0.05) is 17.5 Å². The van der Waals surface area contributed by atoms with Crippen LogP contribution in [0.2, 0.25) is 5.02 Å². The molecule has 0 spiro atoms. The van der Waals surface area contributed by atoms with Gasteiger partial charge < -0.3 is 10.4 Å². The molecule has 4 nitrogen and oxygen atoms in total. The van der Waals surface area contributed by atoms with Gasteiger partial charge in [-0.3, -0.25) is 9.69 Å². The van der Waals surface area contributed by atoms with Gasteiger partial charge in [0.05, 0.1) is 5.69 Å². The second-order valence-corrected chi connectivity index (χ2v) is 6.56. The number of nitrogens with zero attached hydrogens (tertiary/aromatic N) is 1. The lowest BCUT2D eigenvalue weighted by molar-refractivity contribution is -0.121. The molecular formula is C19H21ClN2O2. The number of para-hydroxylation sites is 2. The third-order valence-electron chi connectivity index (χ3n) is 4.47. The molecule has 1 heterocycles. The van der Waals surface area contributed by atoms with Crippen LogP contribution in [0.25, 0.3) is 0 Å². The van der Waals surface area contributed by atoms with Gasteiger partial charge in [-0.25, -0.2) is 0 Å². The van der Waals surface area contributed by atoms with Crippen LogP contribution in [0.1, 0.15) is 18.4 Å². The standard InChI is InChI=1S/C19H21ClN2O2/c20-16-6-2-1-5-15(16)13-22-11-9-14(10-12-22)19(24)21-17-7-3-4-8-18(17)23/h1-8,14,23H,9-13H2,(H,21,24). The van der Waals surface area contributed by atoms with Crippen LogP contribution in [0.5, 0.6) is 5.75 Å². The highest BCUT2D eigenvalue weighted by Crippen LogP contribution is 2.26. The van der Waals surface area contributed by atoms with Crippen molar-refractivity contribution in [2.45, 2.75) is 19.4 Å². The lowest BCUT2D eigenvalue weighted by Gasteiger charge is -2.31. The van der Waals surface area contributed by atoms with Crippen LogP contribution in [0.3, 0.4) is 0 Å². The number of halogens is 1. The summed E-state index contributed by atoms with van der Waals surface area (Å²) in [6.45, 7) is 2.54. The minimum absolute atomic E-state index is 0.0195. The van der Waals surface area contributed by atoms with E-state index < -0.39 is 0 Å². The number of aromatic hydroxyl groups is 1. The molecule has 0 radical (unpaired) electrons. The van der Waals surface area contributed by atoms with Gasteiger partial charge in [0.2, 0.25) is 5.91 Å². The first-order valence-electron chi connectivity index (χ1n) is 8.18. The van der Waals surface area contributed by atoms with Gasteiger partial charge in [-0.15, -0.1) is 0 Å². The Morgan fingerprint density at radius 1 is 1.12 bits per heavy atom. The van der Waals surface area contributed by atoms with Crippen LogP contribution in [0.4, 0.5) is 5.69 Å². The molecule has 0 aliphatic carbocycles. The Morgan fingerprint density at radius 2 is 1.79 bits per heavy atom. The molecule has 0 bridgehead atoms. The minimum atomic E-state index is -0.0212. The lowest BCUT2D eigenvalue weighted by Crippen LogP contribution is -2.37. The van der Waals surface area contributed by atoms with E-state index in [2.05, 4.69) is 10.2 Å². The van der Waals surface area contributed by atoms with Gasteiger partial charge in [0.25, 0.3) is 0 Å². The van der Waals surface area contributed by atoms with E-state index in [0.717, 1.165) is 43.1 Å². The molecule has 0 saturated carbocycles. The van der Waals surface area contributed by atoms with E-state index in [4.69, 9.17) is 11.6 Å². The largest absolute Gasteiger partial charge is 0.506 e. The molecule has 126 valence electrons. The number of nitrogens with one attached hydrogen (secondary N) is 1. The summed E-state index contributed by atoms with van der Waals surface area (Å²) in [4.78, 5) is 14.7. The van der Waals surface area contributed by atoms with Crippen LogP contribution < -0.4 is 5.32 Å². The maximum atomic E-state index is 12.4. The SMILES string of the molecule is O=C(Nc1ccccc1O)C1CCN(Cc2ccccc2Cl)CC1. The topological polar surface area (TPSA) is 52.6 Å². The van der Waals surface area contributed by atoms with E-state index in [1.54, 1.807) is 24.3 Å². The number of piperidine rings is 1.